The first-order chi connectivity index (χ1) is 8.52. The minimum absolute atomic E-state index is 0.293. The lowest BCUT2D eigenvalue weighted by Crippen LogP contribution is -2.25. The number of carboxylic acids is 1. The number of rotatable bonds is 7. The van der Waals surface area contributed by atoms with Gasteiger partial charge in [-0.05, 0) is 30.0 Å². The third-order valence-electron chi connectivity index (χ3n) is 2.57. The average molecular weight is 252 g/mol. The first-order valence-corrected chi connectivity index (χ1v) is 6.00. The molecule has 0 saturated carbocycles. The van der Waals surface area contributed by atoms with E-state index in [-0.39, 0.29) is 0 Å². The minimum Gasteiger partial charge on any atom is -0.497 e. The summed E-state index contributed by atoms with van der Waals surface area (Å²) in [5.74, 6) is 0.162. The molecule has 0 saturated heterocycles. The first-order valence-electron chi connectivity index (χ1n) is 6.00. The van der Waals surface area contributed by atoms with Crippen LogP contribution in [-0.2, 0) is 16.1 Å². The van der Waals surface area contributed by atoms with Gasteiger partial charge in [0.15, 0.2) is 6.10 Å². The van der Waals surface area contributed by atoms with Crippen LogP contribution in [0.15, 0.2) is 24.3 Å². The van der Waals surface area contributed by atoms with Crippen molar-refractivity contribution >= 4 is 5.97 Å². The van der Waals surface area contributed by atoms with E-state index in [1.807, 2.05) is 38.1 Å². The molecule has 1 atom stereocenters. The first kappa shape index (κ1) is 14.5. The second kappa shape index (κ2) is 7.01. The van der Waals surface area contributed by atoms with Crippen molar-refractivity contribution in [2.24, 2.45) is 5.92 Å². The largest absolute Gasteiger partial charge is 0.497 e. The Morgan fingerprint density at radius 2 is 1.89 bits per heavy atom. The molecule has 100 valence electrons. The zero-order valence-corrected chi connectivity index (χ0v) is 11.1. The lowest BCUT2D eigenvalue weighted by atomic mass is 10.1. The Balaban J connectivity index is 2.52. The zero-order valence-electron chi connectivity index (χ0n) is 11.1. The smallest absolute Gasteiger partial charge is 0.332 e. The number of methoxy groups -OCH3 is 1. The Bertz CT molecular complexity index is 370. The predicted molar refractivity (Wildman–Crippen MR) is 68.7 cm³/mol. The molecule has 0 aliphatic heterocycles. The van der Waals surface area contributed by atoms with Crippen LogP contribution in [-0.4, -0.2) is 24.3 Å². The van der Waals surface area contributed by atoms with E-state index < -0.39 is 12.1 Å². The second-order valence-electron chi connectivity index (χ2n) is 4.62. The van der Waals surface area contributed by atoms with Crippen molar-refractivity contribution in [3.8, 4) is 5.75 Å². The molecule has 1 aromatic carbocycles. The normalized spacial score (nSPS) is 12.4. The van der Waals surface area contributed by atoms with Crippen molar-refractivity contribution in [1.82, 2.24) is 0 Å². The topological polar surface area (TPSA) is 55.8 Å². The van der Waals surface area contributed by atoms with Gasteiger partial charge in [-0.15, -0.1) is 0 Å². The Morgan fingerprint density at radius 1 is 1.28 bits per heavy atom. The molecule has 1 aromatic rings. The van der Waals surface area contributed by atoms with E-state index in [1.165, 1.54) is 0 Å². The fraction of sp³-hybridized carbons (Fsp3) is 0.500. The van der Waals surface area contributed by atoms with E-state index in [0.717, 1.165) is 11.3 Å². The van der Waals surface area contributed by atoms with E-state index in [4.69, 9.17) is 14.6 Å². The van der Waals surface area contributed by atoms with Gasteiger partial charge >= 0.3 is 5.97 Å². The predicted octanol–water partition coefficient (Wildman–Crippen LogP) is 2.71. The number of hydrogen-bond donors (Lipinski definition) is 1. The summed E-state index contributed by atoms with van der Waals surface area (Å²) < 4.78 is 10.5. The van der Waals surface area contributed by atoms with E-state index in [9.17, 15) is 4.79 Å². The van der Waals surface area contributed by atoms with Crippen LogP contribution < -0.4 is 4.74 Å². The molecule has 0 spiro atoms. The van der Waals surface area contributed by atoms with Crippen LogP contribution in [0.4, 0.5) is 0 Å². The molecule has 0 heterocycles. The van der Waals surface area contributed by atoms with Crippen LogP contribution >= 0.6 is 0 Å². The Hall–Kier alpha value is -1.55. The standard InChI is InChI=1S/C14H20O4/c1-10(2)8-13(14(15)16)18-9-11-4-6-12(17-3)7-5-11/h4-7,10,13H,8-9H2,1-3H3,(H,15,16)/t13-/m0/s1. The van der Waals surface area contributed by atoms with Crippen molar-refractivity contribution in [3.05, 3.63) is 29.8 Å². The molecule has 0 aromatic heterocycles. The van der Waals surface area contributed by atoms with Gasteiger partial charge in [0.25, 0.3) is 0 Å². The van der Waals surface area contributed by atoms with Gasteiger partial charge < -0.3 is 14.6 Å². The van der Waals surface area contributed by atoms with Gasteiger partial charge in [-0.2, -0.15) is 0 Å². The Kier molecular flexibility index (Phi) is 5.65. The second-order valence-corrected chi connectivity index (χ2v) is 4.62. The molecule has 0 amide bonds. The summed E-state index contributed by atoms with van der Waals surface area (Å²) in [5.41, 5.74) is 0.936. The van der Waals surface area contributed by atoms with Crippen LogP contribution in [0, 0.1) is 5.92 Å². The number of carbonyl (C=O) groups is 1. The van der Waals surface area contributed by atoms with Crippen LogP contribution in [0.25, 0.3) is 0 Å². The zero-order chi connectivity index (χ0) is 13.5. The van der Waals surface area contributed by atoms with Gasteiger partial charge in [0.2, 0.25) is 0 Å². The van der Waals surface area contributed by atoms with Gasteiger partial charge in [-0.25, -0.2) is 4.79 Å². The molecule has 0 bridgehead atoms. The van der Waals surface area contributed by atoms with Gasteiger partial charge in [0.05, 0.1) is 13.7 Å². The Labute approximate surface area is 108 Å². The number of carboxylic acid groups (broad SMARTS) is 1. The molecule has 1 N–H and O–H groups in total. The maximum Gasteiger partial charge on any atom is 0.332 e. The van der Waals surface area contributed by atoms with E-state index >= 15 is 0 Å². The fourth-order valence-corrected chi connectivity index (χ4v) is 1.59. The molecule has 4 nitrogen and oxygen atoms in total. The third-order valence-corrected chi connectivity index (χ3v) is 2.57. The molecular weight excluding hydrogens is 232 g/mol. The van der Waals surface area contributed by atoms with Gasteiger partial charge in [-0.3, -0.25) is 0 Å². The summed E-state index contributed by atoms with van der Waals surface area (Å²) in [4.78, 5) is 11.0. The van der Waals surface area contributed by atoms with Gasteiger partial charge in [-0.1, -0.05) is 26.0 Å². The Morgan fingerprint density at radius 3 is 2.33 bits per heavy atom. The third kappa shape index (κ3) is 4.75. The van der Waals surface area contributed by atoms with Gasteiger partial charge in [0.1, 0.15) is 5.75 Å². The highest BCUT2D eigenvalue weighted by molar-refractivity contribution is 5.72. The van der Waals surface area contributed by atoms with Crippen molar-refractivity contribution in [2.45, 2.75) is 33.0 Å². The van der Waals surface area contributed by atoms with Crippen LogP contribution in [0.2, 0.25) is 0 Å². The summed E-state index contributed by atoms with van der Waals surface area (Å²) >= 11 is 0. The number of hydrogen-bond acceptors (Lipinski definition) is 3. The maximum atomic E-state index is 11.0. The minimum atomic E-state index is -0.905. The van der Waals surface area contributed by atoms with Crippen molar-refractivity contribution in [3.63, 3.8) is 0 Å². The van der Waals surface area contributed by atoms with Crippen molar-refractivity contribution < 1.29 is 19.4 Å². The highest BCUT2D eigenvalue weighted by atomic mass is 16.5. The average Bonchev–Trinajstić information content (AvgIpc) is 2.34. The SMILES string of the molecule is COc1ccc(CO[C@@H](CC(C)C)C(=O)O)cc1. The molecule has 18 heavy (non-hydrogen) atoms. The molecule has 4 heteroatoms. The van der Waals surface area contributed by atoms with E-state index in [0.29, 0.717) is 18.9 Å². The van der Waals surface area contributed by atoms with Gasteiger partial charge in [0, 0.05) is 0 Å². The van der Waals surface area contributed by atoms with Crippen LogP contribution in [0.3, 0.4) is 0 Å². The molecule has 0 unspecified atom stereocenters. The molecule has 0 fully saturated rings. The van der Waals surface area contributed by atoms with Crippen molar-refractivity contribution in [1.29, 1.82) is 0 Å². The van der Waals surface area contributed by atoms with Crippen molar-refractivity contribution in [2.75, 3.05) is 7.11 Å². The number of aliphatic carboxylic acids is 1. The summed E-state index contributed by atoms with van der Waals surface area (Å²) in [5, 5.41) is 9.04. The number of benzene rings is 1. The highest BCUT2D eigenvalue weighted by Gasteiger charge is 2.19. The van der Waals surface area contributed by atoms with Crippen LogP contribution in [0.5, 0.6) is 5.75 Å². The molecular formula is C14H20O4. The quantitative estimate of drug-likeness (QED) is 0.810. The van der Waals surface area contributed by atoms with E-state index in [1.54, 1.807) is 7.11 Å². The number of ether oxygens (including phenoxy) is 2. The van der Waals surface area contributed by atoms with E-state index in [2.05, 4.69) is 0 Å². The van der Waals surface area contributed by atoms with Crippen LogP contribution in [0.1, 0.15) is 25.8 Å². The highest BCUT2D eigenvalue weighted by Crippen LogP contribution is 2.15. The summed E-state index contributed by atoms with van der Waals surface area (Å²) in [7, 11) is 1.61. The lowest BCUT2D eigenvalue weighted by Gasteiger charge is -2.15. The summed E-state index contributed by atoms with van der Waals surface area (Å²) in [6.07, 6.45) is -0.224. The molecule has 0 radical (unpaired) electrons. The monoisotopic (exact) mass is 252 g/mol. The summed E-state index contributed by atoms with van der Waals surface area (Å²) in [6.45, 7) is 4.26. The molecule has 1 rings (SSSR count). The molecule has 0 aliphatic rings. The maximum absolute atomic E-state index is 11.0. The molecule has 0 aliphatic carbocycles. The fourth-order valence-electron chi connectivity index (χ4n) is 1.59. The summed E-state index contributed by atoms with van der Waals surface area (Å²) in [6, 6.07) is 7.40. The lowest BCUT2D eigenvalue weighted by molar-refractivity contribution is -0.152.